The molecule has 1 aromatic carbocycles. The standard InChI is InChI=1S/C15H19N3O4/c16-18(10-15(21)22)14(20)8-7-13(19)17-9-3-5-11-4-1-2-6-12(11)17/h1-2,4,6H,3,5,7-10,16H2,(H,21,22). The molecule has 0 aromatic heterocycles. The summed E-state index contributed by atoms with van der Waals surface area (Å²) < 4.78 is 0. The highest BCUT2D eigenvalue weighted by Gasteiger charge is 2.23. The number of aryl methyl sites for hydroxylation is 1. The molecule has 1 heterocycles. The molecule has 1 aliphatic heterocycles. The molecular formula is C15H19N3O4. The highest BCUT2D eigenvalue weighted by Crippen LogP contribution is 2.27. The molecule has 1 aliphatic rings. The molecule has 0 radical (unpaired) electrons. The van der Waals surface area contributed by atoms with Gasteiger partial charge < -0.3 is 10.0 Å². The summed E-state index contributed by atoms with van der Waals surface area (Å²) in [5.41, 5.74) is 2.01. The van der Waals surface area contributed by atoms with Crippen LogP contribution in [-0.4, -0.2) is 41.0 Å². The first-order valence-corrected chi connectivity index (χ1v) is 7.14. The lowest BCUT2D eigenvalue weighted by Gasteiger charge is -2.29. The van der Waals surface area contributed by atoms with Gasteiger partial charge in [-0.3, -0.25) is 19.4 Å². The van der Waals surface area contributed by atoms with E-state index in [-0.39, 0.29) is 18.7 Å². The third kappa shape index (κ3) is 3.82. The Bertz CT molecular complexity index is 588. The molecule has 0 fully saturated rings. The van der Waals surface area contributed by atoms with Crippen LogP contribution in [0.25, 0.3) is 0 Å². The Morgan fingerprint density at radius 2 is 1.95 bits per heavy atom. The van der Waals surface area contributed by atoms with E-state index in [1.165, 1.54) is 0 Å². The average molecular weight is 305 g/mol. The van der Waals surface area contributed by atoms with Crippen molar-refractivity contribution in [1.82, 2.24) is 5.01 Å². The number of carboxylic acid groups (broad SMARTS) is 1. The van der Waals surface area contributed by atoms with E-state index in [1.54, 1.807) is 4.90 Å². The van der Waals surface area contributed by atoms with Crippen molar-refractivity contribution in [2.75, 3.05) is 18.0 Å². The van der Waals surface area contributed by atoms with Gasteiger partial charge in [-0.15, -0.1) is 0 Å². The Balaban J connectivity index is 1.94. The predicted octanol–water partition coefficient (Wildman–Crippen LogP) is 0.533. The third-order valence-corrected chi connectivity index (χ3v) is 3.59. The van der Waals surface area contributed by atoms with Crippen molar-refractivity contribution in [3.05, 3.63) is 29.8 Å². The summed E-state index contributed by atoms with van der Waals surface area (Å²) in [4.78, 5) is 36.2. The minimum atomic E-state index is -1.19. The van der Waals surface area contributed by atoms with Crippen molar-refractivity contribution in [3.63, 3.8) is 0 Å². The van der Waals surface area contributed by atoms with Gasteiger partial charge in [0.2, 0.25) is 11.8 Å². The zero-order valence-corrected chi connectivity index (χ0v) is 12.2. The van der Waals surface area contributed by atoms with Gasteiger partial charge >= 0.3 is 5.97 Å². The summed E-state index contributed by atoms with van der Waals surface area (Å²) in [6, 6.07) is 7.71. The summed E-state index contributed by atoms with van der Waals surface area (Å²) in [5.74, 6) is 3.45. The SMILES string of the molecule is NN(CC(=O)O)C(=O)CCC(=O)N1CCCc2ccccc21. The van der Waals surface area contributed by atoms with Gasteiger partial charge in [-0.1, -0.05) is 18.2 Å². The minimum Gasteiger partial charge on any atom is -0.480 e. The zero-order chi connectivity index (χ0) is 16.1. The van der Waals surface area contributed by atoms with Crippen LogP contribution in [0.4, 0.5) is 5.69 Å². The molecule has 3 N–H and O–H groups in total. The number of rotatable bonds is 5. The van der Waals surface area contributed by atoms with Gasteiger partial charge in [0.15, 0.2) is 0 Å². The molecule has 0 saturated heterocycles. The topological polar surface area (TPSA) is 104 Å². The quantitative estimate of drug-likeness (QED) is 0.469. The monoisotopic (exact) mass is 305 g/mol. The van der Waals surface area contributed by atoms with Crippen molar-refractivity contribution in [1.29, 1.82) is 0 Å². The highest BCUT2D eigenvalue weighted by molar-refractivity contribution is 5.96. The molecule has 2 rings (SSSR count). The van der Waals surface area contributed by atoms with Gasteiger partial charge in [0.25, 0.3) is 0 Å². The lowest BCUT2D eigenvalue weighted by Crippen LogP contribution is -2.42. The van der Waals surface area contributed by atoms with Gasteiger partial charge in [0, 0.05) is 25.1 Å². The van der Waals surface area contributed by atoms with Crippen LogP contribution >= 0.6 is 0 Å². The number of carbonyl (C=O) groups is 3. The molecular weight excluding hydrogens is 286 g/mol. The summed E-state index contributed by atoms with van der Waals surface area (Å²) in [6.07, 6.45) is 1.74. The lowest BCUT2D eigenvalue weighted by molar-refractivity contribution is -0.144. The largest absolute Gasteiger partial charge is 0.480 e. The minimum absolute atomic E-state index is 0.0144. The number of anilines is 1. The number of para-hydroxylation sites is 1. The number of fused-ring (bicyclic) bond motifs is 1. The second-order valence-electron chi connectivity index (χ2n) is 5.19. The first-order valence-electron chi connectivity index (χ1n) is 7.14. The molecule has 0 spiro atoms. The Labute approximate surface area is 128 Å². The van der Waals surface area contributed by atoms with Crippen molar-refractivity contribution < 1.29 is 19.5 Å². The Kier molecular flexibility index (Phi) is 5.11. The average Bonchev–Trinajstić information content (AvgIpc) is 2.51. The van der Waals surface area contributed by atoms with Crippen molar-refractivity contribution in [2.24, 2.45) is 5.84 Å². The number of nitrogens with zero attached hydrogens (tertiary/aromatic N) is 2. The van der Waals surface area contributed by atoms with Crippen LogP contribution in [0.5, 0.6) is 0 Å². The maximum atomic E-state index is 12.3. The van der Waals surface area contributed by atoms with Crippen molar-refractivity contribution >= 4 is 23.5 Å². The fourth-order valence-electron chi connectivity index (χ4n) is 2.52. The van der Waals surface area contributed by atoms with E-state index in [4.69, 9.17) is 10.9 Å². The summed E-state index contributed by atoms with van der Waals surface area (Å²) in [7, 11) is 0. The van der Waals surface area contributed by atoms with Gasteiger partial charge in [0.05, 0.1) is 0 Å². The number of carbonyl (C=O) groups excluding carboxylic acids is 2. The number of hydrogen-bond donors (Lipinski definition) is 2. The number of amides is 2. The summed E-state index contributed by atoms with van der Waals surface area (Å²) >= 11 is 0. The molecule has 0 unspecified atom stereocenters. The van der Waals surface area contributed by atoms with E-state index in [1.807, 2.05) is 24.3 Å². The molecule has 0 aliphatic carbocycles. The number of hydrogen-bond acceptors (Lipinski definition) is 4. The Hall–Kier alpha value is -2.41. The molecule has 0 atom stereocenters. The normalized spacial score (nSPS) is 13.4. The van der Waals surface area contributed by atoms with Crippen LogP contribution in [-0.2, 0) is 20.8 Å². The Morgan fingerprint density at radius 3 is 2.68 bits per heavy atom. The van der Waals surface area contributed by atoms with Crippen LogP contribution in [0, 0.1) is 0 Å². The van der Waals surface area contributed by atoms with Gasteiger partial charge in [0.1, 0.15) is 6.54 Å². The van der Waals surface area contributed by atoms with Crippen LogP contribution in [0.2, 0.25) is 0 Å². The van der Waals surface area contributed by atoms with E-state index in [0.29, 0.717) is 11.6 Å². The van der Waals surface area contributed by atoms with E-state index in [9.17, 15) is 14.4 Å². The summed E-state index contributed by atoms with van der Waals surface area (Å²) in [6.45, 7) is 0.0606. The van der Waals surface area contributed by atoms with Crippen molar-refractivity contribution in [2.45, 2.75) is 25.7 Å². The molecule has 22 heavy (non-hydrogen) atoms. The number of benzene rings is 1. The third-order valence-electron chi connectivity index (χ3n) is 3.59. The molecule has 7 heteroatoms. The maximum Gasteiger partial charge on any atom is 0.324 e. The molecule has 118 valence electrons. The lowest BCUT2D eigenvalue weighted by atomic mass is 10.0. The zero-order valence-electron chi connectivity index (χ0n) is 12.2. The van der Waals surface area contributed by atoms with Gasteiger partial charge in [-0.25, -0.2) is 5.84 Å². The summed E-state index contributed by atoms with van der Waals surface area (Å²) in [5, 5.41) is 9.20. The number of carboxylic acids is 1. The fourth-order valence-corrected chi connectivity index (χ4v) is 2.52. The van der Waals surface area contributed by atoms with E-state index in [0.717, 1.165) is 24.1 Å². The molecule has 1 aromatic rings. The van der Waals surface area contributed by atoms with E-state index in [2.05, 4.69) is 0 Å². The fraction of sp³-hybridized carbons (Fsp3) is 0.400. The predicted molar refractivity (Wildman–Crippen MR) is 79.9 cm³/mol. The highest BCUT2D eigenvalue weighted by atomic mass is 16.4. The molecule has 2 amide bonds. The van der Waals surface area contributed by atoms with Gasteiger partial charge in [-0.2, -0.15) is 0 Å². The Morgan fingerprint density at radius 1 is 1.23 bits per heavy atom. The first kappa shape index (κ1) is 16.0. The van der Waals surface area contributed by atoms with Gasteiger partial charge in [-0.05, 0) is 24.5 Å². The van der Waals surface area contributed by atoms with Crippen LogP contribution in [0.3, 0.4) is 0 Å². The first-order chi connectivity index (χ1) is 10.5. The molecule has 0 bridgehead atoms. The van der Waals surface area contributed by atoms with E-state index < -0.39 is 18.4 Å². The number of nitrogens with two attached hydrogens (primary N) is 1. The van der Waals surface area contributed by atoms with Crippen LogP contribution in [0.15, 0.2) is 24.3 Å². The second kappa shape index (κ2) is 7.04. The molecule has 0 saturated carbocycles. The van der Waals surface area contributed by atoms with E-state index >= 15 is 0 Å². The number of aliphatic carboxylic acids is 1. The second-order valence-corrected chi connectivity index (χ2v) is 5.19. The maximum absolute atomic E-state index is 12.3. The van der Waals surface area contributed by atoms with Crippen LogP contribution < -0.4 is 10.7 Å². The van der Waals surface area contributed by atoms with Crippen molar-refractivity contribution in [3.8, 4) is 0 Å². The smallest absolute Gasteiger partial charge is 0.324 e. The van der Waals surface area contributed by atoms with Crippen LogP contribution in [0.1, 0.15) is 24.8 Å². The molecule has 7 nitrogen and oxygen atoms in total. The number of hydrazine groups is 1.